The summed E-state index contributed by atoms with van der Waals surface area (Å²) in [5.41, 5.74) is 1.02. The summed E-state index contributed by atoms with van der Waals surface area (Å²) in [7, 11) is 1.86. The molecule has 0 saturated carbocycles. The second-order valence-electron chi connectivity index (χ2n) is 2.18. The van der Waals surface area contributed by atoms with E-state index in [9.17, 15) is 0 Å². The van der Waals surface area contributed by atoms with Gasteiger partial charge in [-0.25, -0.2) is 0 Å². The Hall–Kier alpha value is -0.570. The van der Waals surface area contributed by atoms with E-state index in [2.05, 4.69) is 10.3 Å². The number of hydrogen-bond donors (Lipinski definition) is 0. The van der Waals surface area contributed by atoms with Crippen molar-refractivity contribution in [2.45, 2.75) is 12.8 Å². The highest BCUT2D eigenvalue weighted by Crippen LogP contribution is 1.97. The van der Waals surface area contributed by atoms with E-state index in [-0.39, 0.29) is 0 Å². The van der Waals surface area contributed by atoms with Gasteiger partial charge < -0.3 is 0 Å². The normalized spacial score (nSPS) is 10.2. The van der Waals surface area contributed by atoms with E-state index in [0.717, 1.165) is 18.5 Å². The van der Waals surface area contributed by atoms with Crippen molar-refractivity contribution in [1.82, 2.24) is 15.0 Å². The van der Waals surface area contributed by atoms with Crippen molar-refractivity contribution in [2.75, 3.05) is 5.88 Å². The van der Waals surface area contributed by atoms with Crippen LogP contribution in [0.25, 0.3) is 0 Å². The molecule has 4 heteroatoms. The molecule has 0 N–H and O–H groups in total. The maximum atomic E-state index is 5.50. The molecule has 0 aliphatic rings. The van der Waals surface area contributed by atoms with Gasteiger partial charge in [0.05, 0.1) is 5.69 Å². The Labute approximate surface area is 65.0 Å². The van der Waals surface area contributed by atoms with E-state index in [0.29, 0.717) is 5.88 Å². The van der Waals surface area contributed by atoms with Gasteiger partial charge in [-0.1, -0.05) is 5.21 Å². The first-order chi connectivity index (χ1) is 4.83. The van der Waals surface area contributed by atoms with E-state index in [1.807, 2.05) is 13.2 Å². The number of alkyl halides is 1. The van der Waals surface area contributed by atoms with Crippen molar-refractivity contribution in [3.63, 3.8) is 0 Å². The second-order valence-corrected chi connectivity index (χ2v) is 2.55. The zero-order chi connectivity index (χ0) is 7.40. The molecule has 56 valence electrons. The molecule has 1 aromatic rings. The maximum Gasteiger partial charge on any atom is 0.0827 e. The lowest BCUT2D eigenvalue weighted by atomic mass is 10.3. The quantitative estimate of drug-likeness (QED) is 0.616. The van der Waals surface area contributed by atoms with Gasteiger partial charge >= 0.3 is 0 Å². The average molecular weight is 160 g/mol. The molecule has 10 heavy (non-hydrogen) atoms. The summed E-state index contributed by atoms with van der Waals surface area (Å²) < 4.78 is 1.70. The van der Waals surface area contributed by atoms with Crippen molar-refractivity contribution >= 4 is 11.6 Å². The van der Waals surface area contributed by atoms with Gasteiger partial charge in [-0.3, -0.25) is 4.68 Å². The zero-order valence-electron chi connectivity index (χ0n) is 5.92. The number of aryl methyl sites for hydroxylation is 2. The molecule has 0 spiro atoms. The van der Waals surface area contributed by atoms with Crippen LogP contribution in [0.4, 0.5) is 0 Å². The number of nitrogens with zero attached hydrogens (tertiary/aromatic N) is 3. The highest BCUT2D eigenvalue weighted by Gasteiger charge is 1.95. The summed E-state index contributed by atoms with van der Waals surface area (Å²) in [6, 6.07) is 0. The zero-order valence-corrected chi connectivity index (χ0v) is 6.67. The Balaban J connectivity index is 2.42. The summed E-state index contributed by atoms with van der Waals surface area (Å²) in [6.07, 6.45) is 3.81. The average Bonchev–Trinajstić information content (AvgIpc) is 2.31. The minimum absolute atomic E-state index is 0.691. The second kappa shape index (κ2) is 3.56. The Kier molecular flexibility index (Phi) is 2.68. The minimum atomic E-state index is 0.691. The van der Waals surface area contributed by atoms with E-state index in [1.165, 1.54) is 0 Å². The highest BCUT2D eigenvalue weighted by molar-refractivity contribution is 6.17. The Morgan fingerprint density at radius 3 is 3.00 bits per heavy atom. The predicted octanol–water partition coefficient (Wildman–Crippen LogP) is 0.986. The van der Waals surface area contributed by atoms with Gasteiger partial charge in [0, 0.05) is 19.1 Å². The highest BCUT2D eigenvalue weighted by atomic mass is 35.5. The molecule has 0 saturated heterocycles. The molecule has 0 amide bonds. The third kappa shape index (κ3) is 1.99. The summed E-state index contributed by atoms with van der Waals surface area (Å²) in [5.74, 6) is 0.691. The molecule has 0 atom stereocenters. The van der Waals surface area contributed by atoms with Crippen LogP contribution in [0.5, 0.6) is 0 Å². The molecule has 0 fully saturated rings. The SMILES string of the molecule is Cn1cc(CCCCl)nn1. The summed E-state index contributed by atoms with van der Waals surface area (Å²) in [6.45, 7) is 0. The van der Waals surface area contributed by atoms with E-state index in [4.69, 9.17) is 11.6 Å². The van der Waals surface area contributed by atoms with Crippen molar-refractivity contribution in [3.8, 4) is 0 Å². The monoisotopic (exact) mass is 159 g/mol. The van der Waals surface area contributed by atoms with E-state index >= 15 is 0 Å². The van der Waals surface area contributed by atoms with Gasteiger partial charge in [0.15, 0.2) is 0 Å². The van der Waals surface area contributed by atoms with E-state index < -0.39 is 0 Å². The fourth-order valence-electron chi connectivity index (χ4n) is 0.758. The summed E-state index contributed by atoms with van der Waals surface area (Å²) in [5, 5.41) is 7.70. The van der Waals surface area contributed by atoms with Gasteiger partial charge in [0.2, 0.25) is 0 Å². The Morgan fingerprint density at radius 1 is 1.70 bits per heavy atom. The van der Waals surface area contributed by atoms with Crippen LogP contribution in [0, 0.1) is 0 Å². The van der Waals surface area contributed by atoms with Gasteiger partial charge in [-0.05, 0) is 12.8 Å². The molecule has 1 heterocycles. The Morgan fingerprint density at radius 2 is 2.50 bits per heavy atom. The van der Waals surface area contributed by atoms with Crippen LogP contribution in [-0.2, 0) is 13.5 Å². The van der Waals surface area contributed by atoms with Crippen LogP contribution < -0.4 is 0 Å². The molecular formula is C6H10ClN3. The van der Waals surface area contributed by atoms with Crippen molar-refractivity contribution in [3.05, 3.63) is 11.9 Å². The van der Waals surface area contributed by atoms with Crippen molar-refractivity contribution in [1.29, 1.82) is 0 Å². The first-order valence-electron chi connectivity index (χ1n) is 3.24. The van der Waals surface area contributed by atoms with Crippen molar-refractivity contribution in [2.24, 2.45) is 7.05 Å². The molecule has 0 aliphatic heterocycles. The van der Waals surface area contributed by atoms with Crippen LogP contribution in [0.15, 0.2) is 6.20 Å². The molecule has 0 bridgehead atoms. The third-order valence-electron chi connectivity index (χ3n) is 1.22. The lowest BCUT2D eigenvalue weighted by Crippen LogP contribution is -1.85. The smallest absolute Gasteiger partial charge is 0.0827 e. The van der Waals surface area contributed by atoms with Crippen LogP contribution in [0.3, 0.4) is 0 Å². The molecule has 3 nitrogen and oxygen atoms in total. The first-order valence-corrected chi connectivity index (χ1v) is 3.77. The number of aromatic nitrogens is 3. The lowest BCUT2D eigenvalue weighted by molar-refractivity contribution is 0.712. The molecule has 0 aliphatic carbocycles. The first kappa shape index (κ1) is 7.54. The topological polar surface area (TPSA) is 30.7 Å². The lowest BCUT2D eigenvalue weighted by Gasteiger charge is -1.87. The summed E-state index contributed by atoms with van der Waals surface area (Å²) in [4.78, 5) is 0. The predicted molar refractivity (Wildman–Crippen MR) is 40.0 cm³/mol. The Bertz CT molecular complexity index is 197. The molecule has 0 aromatic carbocycles. The molecule has 1 rings (SSSR count). The summed E-state index contributed by atoms with van der Waals surface area (Å²) >= 11 is 5.50. The number of rotatable bonds is 3. The van der Waals surface area contributed by atoms with E-state index in [1.54, 1.807) is 4.68 Å². The molecule has 0 unspecified atom stereocenters. The van der Waals surface area contributed by atoms with Crippen LogP contribution in [0.2, 0.25) is 0 Å². The van der Waals surface area contributed by atoms with Crippen molar-refractivity contribution < 1.29 is 0 Å². The molecular weight excluding hydrogens is 150 g/mol. The molecule has 1 aromatic heterocycles. The number of hydrogen-bond acceptors (Lipinski definition) is 2. The minimum Gasteiger partial charge on any atom is -0.255 e. The fourth-order valence-corrected chi connectivity index (χ4v) is 0.891. The van der Waals surface area contributed by atoms with Crippen LogP contribution in [0.1, 0.15) is 12.1 Å². The van der Waals surface area contributed by atoms with Crippen LogP contribution in [-0.4, -0.2) is 20.9 Å². The third-order valence-corrected chi connectivity index (χ3v) is 1.48. The number of halogens is 1. The molecule has 0 radical (unpaired) electrons. The van der Waals surface area contributed by atoms with Gasteiger partial charge in [-0.15, -0.1) is 16.7 Å². The maximum absolute atomic E-state index is 5.50. The van der Waals surface area contributed by atoms with Gasteiger partial charge in [-0.2, -0.15) is 0 Å². The van der Waals surface area contributed by atoms with Gasteiger partial charge in [0.1, 0.15) is 0 Å². The standard InChI is InChI=1S/C6H10ClN3/c1-10-5-6(8-9-10)3-2-4-7/h5H,2-4H2,1H3. The fraction of sp³-hybridized carbons (Fsp3) is 0.667. The largest absolute Gasteiger partial charge is 0.255 e. The van der Waals surface area contributed by atoms with Gasteiger partial charge in [0.25, 0.3) is 0 Å². The van der Waals surface area contributed by atoms with Crippen LogP contribution >= 0.6 is 11.6 Å².